The van der Waals surface area contributed by atoms with Crippen molar-refractivity contribution in [2.45, 2.75) is 39.0 Å². The molecule has 0 heterocycles. The van der Waals surface area contributed by atoms with Gasteiger partial charge >= 0.3 is 33.2 Å². The quantitative estimate of drug-likeness (QED) is 0.534. The van der Waals surface area contributed by atoms with Gasteiger partial charge in [0, 0.05) is 6.42 Å². The van der Waals surface area contributed by atoms with Crippen LogP contribution < -0.4 is 0 Å². The number of carbonyl (C=O) groups is 1. The van der Waals surface area contributed by atoms with E-state index in [2.05, 4.69) is 6.92 Å². The molecule has 11 heavy (non-hydrogen) atoms. The molecule has 71 valence electrons. The van der Waals surface area contributed by atoms with E-state index in [1.54, 1.807) is 0 Å². The first kappa shape index (κ1) is 14.3. The van der Waals surface area contributed by atoms with E-state index in [9.17, 15) is 4.79 Å². The molecular weight excluding hydrogens is 230 g/mol. The number of carbonyl (C=O) groups excluding carboxylic acids is 1. The van der Waals surface area contributed by atoms with E-state index >= 15 is 0 Å². The Kier molecular flexibility index (Phi) is 22.1. The van der Waals surface area contributed by atoms with E-state index in [-0.39, 0.29) is 0 Å². The first-order chi connectivity index (χ1) is 5.33. The summed E-state index contributed by atoms with van der Waals surface area (Å²) in [6.45, 7) is 2.17. The first-order valence-corrected chi connectivity index (χ1v) is 6.47. The third-order valence-corrected chi connectivity index (χ3v) is 1.18. The van der Waals surface area contributed by atoms with Gasteiger partial charge in [-0.2, -0.15) is 0 Å². The molecule has 0 atom stereocenters. The monoisotopic (exact) mass is 243 g/mol. The van der Waals surface area contributed by atoms with Crippen LogP contribution in [0.3, 0.4) is 0 Å². The topological polar surface area (TPSA) is 17.1 Å². The zero-order valence-electron chi connectivity index (χ0n) is 6.61. The summed E-state index contributed by atoms with van der Waals surface area (Å²) >= 11 is 0.382. The number of unbranched alkanes of at least 4 members (excludes halogenated alkanes) is 4. The van der Waals surface area contributed by atoms with Crippen molar-refractivity contribution in [3.63, 3.8) is 0 Å². The van der Waals surface area contributed by atoms with Crippen LogP contribution in [-0.4, -0.2) is 6.29 Å². The molecule has 0 aromatic carbocycles. The van der Waals surface area contributed by atoms with E-state index < -0.39 is 0 Å². The Morgan fingerprint density at radius 2 is 1.82 bits per heavy atom. The second-order valence-electron chi connectivity index (χ2n) is 2.06. The van der Waals surface area contributed by atoms with E-state index in [1.165, 1.54) is 19.3 Å². The van der Waals surface area contributed by atoms with Crippen LogP contribution in [0.15, 0.2) is 0 Å². The molecular formula is C7H14Cl2CoO. The van der Waals surface area contributed by atoms with Crippen LogP contribution >= 0.6 is 20.3 Å². The molecule has 0 aromatic rings. The maximum atomic E-state index is 9.77. The van der Waals surface area contributed by atoms with E-state index in [1.807, 2.05) is 0 Å². The van der Waals surface area contributed by atoms with Gasteiger partial charge in [-0.15, -0.1) is 0 Å². The summed E-state index contributed by atoms with van der Waals surface area (Å²) in [5, 5.41) is 0. The number of rotatable bonds is 5. The Balaban J connectivity index is 0. The van der Waals surface area contributed by atoms with Crippen molar-refractivity contribution in [3.8, 4) is 0 Å². The van der Waals surface area contributed by atoms with Gasteiger partial charge in [-0.25, -0.2) is 0 Å². The van der Waals surface area contributed by atoms with Crippen LogP contribution in [0.4, 0.5) is 0 Å². The molecule has 0 N–H and O–H groups in total. The van der Waals surface area contributed by atoms with Gasteiger partial charge in [0.1, 0.15) is 6.29 Å². The molecule has 0 fully saturated rings. The number of halogens is 2. The van der Waals surface area contributed by atoms with Crippen LogP contribution in [0.2, 0.25) is 0 Å². The van der Waals surface area contributed by atoms with Crippen molar-refractivity contribution in [2.24, 2.45) is 0 Å². The van der Waals surface area contributed by atoms with Crippen molar-refractivity contribution in [3.05, 3.63) is 0 Å². The van der Waals surface area contributed by atoms with Crippen LogP contribution in [0.1, 0.15) is 39.0 Å². The summed E-state index contributed by atoms with van der Waals surface area (Å²) in [4.78, 5) is 9.77. The Bertz CT molecular complexity index is 71.5. The zero-order valence-corrected chi connectivity index (χ0v) is 9.16. The fourth-order valence-corrected chi connectivity index (χ4v) is 0.654. The molecule has 0 unspecified atom stereocenters. The Labute approximate surface area is 83.3 Å². The molecule has 0 amide bonds. The minimum atomic E-state index is 0.382. The van der Waals surface area contributed by atoms with Crippen LogP contribution in [-0.2, 0) is 17.7 Å². The second kappa shape index (κ2) is 17.0. The normalized spacial score (nSPS) is 8.64. The molecule has 0 saturated carbocycles. The molecule has 0 bridgehead atoms. The van der Waals surface area contributed by atoms with E-state index in [4.69, 9.17) is 20.3 Å². The fraction of sp³-hybridized carbons (Fsp3) is 0.857. The van der Waals surface area contributed by atoms with Gasteiger partial charge in [0.2, 0.25) is 0 Å². The van der Waals surface area contributed by atoms with Crippen LogP contribution in [0, 0.1) is 0 Å². The van der Waals surface area contributed by atoms with Crippen molar-refractivity contribution in [1.29, 1.82) is 0 Å². The third-order valence-electron chi connectivity index (χ3n) is 1.18. The Morgan fingerprint density at radius 1 is 1.27 bits per heavy atom. The Hall–Kier alpha value is 0.756. The molecule has 4 heteroatoms. The predicted molar refractivity (Wildman–Crippen MR) is 46.5 cm³/mol. The average molecular weight is 244 g/mol. The van der Waals surface area contributed by atoms with Crippen molar-refractivity contribution < 1.29 is 17.7 Å². The first-order valence-electron chi connectivity index (χ1n) is 3.60. The Morgan fingerprint density at radius 3 is 2.18 bits per heavy atom. The standard InChI is InChI=1S/C7H14O.2ClH.Co/c1-2-3-4-5-6-7-8;;;/h7H,2-6H2,1H3;2*1H;/q;;;+2/p-2. The van der Waals surface area contributed by atoms with Crippen molar-refractivity contribution >= 4 is 26.6 Å². The summed E-state index contributed by atoms with van der Waals surface area (Å²) in [5.74, 6) is 0. The van der Waals surface area contributed by atoms with Crippen LogP contribution in [0.25, 0.3) is 0 Å². The molecule has 0 radical (unpaired) electrons. The second-order valence-corrected chi connectivity index (χ2v) is 3.78. The van der Waals surface area contributed by atoms with Gasteiger partial charge in [-0.3, -0.25) is 0 Å². The number of aldehydes is 1. The summed E-state index contributed by atoms with van der Waals surface area (Å²) in [5.41, 5.74) is 0. The molecule has 0 aliphatic heterocycles. The molecule has 0 aliphatic rings. The summed E-state index contributed by atoms with van der Waals surface area (Å²) < 4.78 is 0. The summed E-state index contributed by atoms with van der Waals surface area (Å²) in [6.07, 6.45) is 6.56. The molecule has 0 aromatic heterocycles. The van der Waals surface area contributed by atoms with Crippen molar-refractivity contribution in [2.75, 3.05) is 0 Å². The van der Waals surface area contributed by atoms with Crippen LogP contribution in [0.5, 0.6) is 0 Å². The molecule has 0 rings (SSSR count). The summed E-state index contributed by atoms with van der Waals surface area (Å²) in [6, 6.07) is 0. The van der Waals surface area contributed by atoms with Gasteiger partial charge in [-0.1, -0.05) is 26.2 Å². The van der Waals surface area contributed by atoms with Gasteiger partial charge < -0.3 is 4.79 Å². The van der Waals surface area contributed by atoms with E-state index in [0.29, 0.717) is 12.9 Å². The van der Waals surface area contributed by atoms with Gasteiger partial charge in [0.25, 0.3) is 0 Å². The van der Waals surface area contributed by atoms with Gasteiger partial charge in [-0.05, 0) is 6.42 Å². The van der Waals surface area contributed by atoms with Crippen molar-refractivity contribution in [1.82, 2.24) is 0 Å². The number of hydrogen-bond acceptors (Lipinski definition) is 1. The fourth-order valence-electron chi connectivity index (χ4n) is 0.654. The number of hydrogen-bond donors (Lipinski definition) is 0. The predicted octanol–water partition coefficient (Wildman–Crippen LogP) is 3.53. The zero-order chi connectivity index (χ0) is 8.95. The SMILES string of the molecule is CCCCCCC=O.[Cl][Co][Cl]. The summed E-state index contributed by atoms with van der Waals surface area (Å²) in [7, 11) is 9.47. The molecule has 0 aliphatic carbocycles. The molecule has 0 saturated heterocycles. The maximum absolute atomic E-state index is 9.77. The van der Waals surface area contributed by atoms with Gasteiger partial charge in [0.05, 0.1) is 0 Å². The molecule has 1 nitrogen and oxygen atoms in total. The molecule has 0 spiro atoms. The van der Waals surface area contributed by atoms with E-state index in [0.717, 1.165) is 19.1 Å². The third kappa shape index (κ3) is 24.9. The minimum absolute atomic E-state index is 0.382. The van der Waals surface area contributed by atoms with Gasteiger partial charge in [0.15, 0.2) is 0 Å². The average Bonchev–Trinajstić information content (AvgIpc) is 2.00.